The van der Waals surface area contributed by atoms with E-state index in [4.69, 9.17) is 11.6 Å². The molecular weight excluding hydrogens is 286 g/mol. The van der Waals surface area contributed by atoms with Gasteiger partial charge in [0.1, 0.15) is 0 Å². The fourth-order valence-electron chi connectivity index (χ4n) is 0.821. The van der Waals surface area contributed by atoms with Gasteiger partial charge in [0.15, 0.2) is 0 Å². The summed E-state index contributed by atoms with van der Waals surface area (Å²) in [5.41, 5.74) is 0.670. The van der Waals surface area contributed by atoms with Crippen LogP contribution in [-0.4, -0.2) is 11.2 Å². The molecule has 0 saturated carbocycles. The molecule has 0 fully saturated rings. The van der Waals surface area contributed by atoms with Gasteiger partial charge in [0, 0.05) is 10.2 Å². The second-order valence-corrected chi connectivity index (χ2v) is 4.83. The van der Waals surface area contributed by atoms with Gasteiger partial charge in [-0.15, -0.1) is 0 Å². The van der Waals surface area contributed by atoms with E-state index in [1.165, 1.54) is 0 Å². The minimum atomic E-state index is -0.336. The van der Waals surface area contributed by atoms with Gasteiger partial charge in [-0.05, 0) is 41.1 Å². The normalized spacial score (nSPS) is 12.3. The van der Waals surface area contributed by atoms with Crippen molar-refractivity contribution in [1.29, 1.82) is 0 Å². The second-order valence-electron chi connectivity index (χ2n) is 2.79. The van der Waals surface area contributed by atoms with Crippen LogP contribution in [0.4, 0.5) is 5.69 Å². The molecule has 5 heteroatoms. The quantitative estimate of drug-likeness (QED) is 0.805. The number of carbonyl (C=O) groups excluding carboxylic acids is 1. The van der Waals surface area contributed by atoms with Gasteiger partial charge in [0.2, 0.25) is 5.91 Å². The van der Waals surface area contributed by atoms with Crippen LogP contribution in [0.5, 0.6) is 0 Å². The first-order valence-corrected chi connectivity index (χ1v) is 5.63. The molecule has 0 aliphatic carbocycles. The summed E-state index contributed by atoms with van der Waals surface area (Å²) in [5.74, 6) is -0.147. The summed E-state index contributed by atoms with van der Waals surface area (Å²) in [6.07, 6.45) is 0. The van der Waals surface area contributed by atoms with E-state index < -0.39 is 0 Å². The summed E-state index contributed by atoms with van der Waals surface area (Å²) >= 11 is 13.1. The number of benzene rings is 1. The van der Waals surface area contributed by atoms with E-state index >= 15 is 0 Å². The summed E-state index contributed by atoms with van der Waals surface area (Å²) in [7, 11) is 0. The van der Waals surface area contributed by atoms with Crippen LogP contribution in [0.1, 0.15) is 6.92 Å². The lowest BCUT2D eigenvalue weighted by Crippen LogP contribution is -2.20. The third kappa shape index (κ3) is 3.19. The van der Waals surface area contributed by atoms with Gasteiger partial charge in [0.05, 0.1) is 10.3 Å². The first-order valence-electron chi connectivity index (χ1n) is 3.94. The highest BCUT2D eigenvalue weighted by Crippen LogP contribution is 2.25. The third-order valence-electron chi connectivity index (χ3n) is 1.57. The molecule has 1 amide bonds. The van der Waals surface area contributed by atoms with Crippen LogP contribution in [0.15, 0.2) is 22.7 Å². The highest BCUT2D eigenvalue weighted by Gasteiger charge is 2.08. The Labute approximate surface area is 102 Å². The van der Waals surface area contributed by atoms with Gasteiger partial charge >= 0.3 is 0 Å². The van der Waals surface area contributed by atoms with Crippen molar-refractivity contribution >= 4 is 51.8 Å². The zero-order valence-corrected chi connectivity index (χ0v) is 10.7. The van der Waals surface area contributed by atoms with Crippen LogP contribution in [0.3, 0.4) is 0 Å². The molecule has 0 aliphatic heterocycles. The van der Waals surface area contributed by atoms with E-state index in [0.29, 0.717) is 10.7 Å². The molecule has 1 unspecified atom stereocenters. The Hall–Kier alpha value is -0.190. The van der Waals surface area contributed by atoms with Crippen molar-refractivity contribution in [1.82, 2.24) is 0 Å². The highest BCUT2D eigenvalue weighted by molar-refractivity contribution is 9.10. The molecule has 1 rings (SSSR count). The molecule has 2 nitrogen and oxygen atoms in total. The van der Waals surface area contributed by atoms with E-state index in [1.54, 1.807) is 25.1 Å². The Balaban J connectivity index is 2.78. The van der Waals surface area contributed by atoms with Crippen molar-refractivity contribution in [3.63, 3.8) is 0 Å². The lowest BCUT2D eigenvalue weighted by atomic mass is 10.3. The van der Waals surface area contributed by atoms with Gasteiger partial charge in [-0.3, -0.25) is 4.79 Å². The molecule has 0 bridgehead atoms. The molecule has 1 aromatic rings. The minimum Gasteiger partial charge on any atom is -0.325 e. The van der Waals surface area contributed by atoms with Crippen molar-refractivity contribution in [2.24, 2.45) is 0 Å². The Kier molecular flexibility index (Phi) is 4.29. The summed E-state index contributed by atoms with van der Waals surface area (Å²) in [6, 6.07) is 5.23. The van der Waals surface area contributed by atoms with Crippen molar-refractivity contribution in [3.8, 4) is 0 Å². The summed E-state index contributed by atoms with van der Waals surface area (Å²) in [6.45, 7) is 1.71. The van der Waals surface area contributed by atoms with Crippen molar-refractivity contribution in [3.05, 3.63) is 27.7 Å². The topological polar surface area (TPSA) is 29.1 Å². The Morgan fingerprint density at radius 2 is 2.29 bits per heavy atom. The lowest BCUT2D eigenvalue weighted by Gasteiger charge is -2.07. The van der Waals surface area contributed by atoms with Crippen LogP contribution in [0.25, 0.3) is 0 Å². The fourth-order valence-corrected chi connectivity index (χ4v) is 1.31. The Morgan fingerprint density at radius 1 is 1.64 bits per heavy atom. The number of amides is 1. The summed E-state index contributed by atoms with van der Waals surface area (Å²) in [4.78, 5) is 11.3. The Bertz CT molecular complexity index is 357. The van der Waals surface area contributed by atoms with Crippen molar-refractivity contribution in [2.75, 3.05) is 5.32 Å². The van der Waals surface area contributed by atoms with Crippen LogP contribution in [0.2, 0.25) is 5.02 Å². The second kappa shape index (κ2) is 5.05. The number of carbonyl (C=O) groups is 1. The largest absolute Gasteiger partial charge is 0.325 e. The molecule has 1 atom stereocenters. The monoisotopic (exact) mass is 293 g/mol. The predicted molar refractivity (Wildman–Crippen MR) is 66.2 cm³/mol. The smallest absolute Gasteiger partial charge is 0.236 e. The SMILES string of the molecule is CC(S)C(=O)Nc1ccc(Br)c(Cl)c1. The van der Waals surface area contributed by atoms with Crippen LogP contribution < -0.4 is 5.32 Å². The molecule has 0 saturated heterocycles. The minimum absolute atomic E-state index is 0.147. The van der Waals surface area contributed by atoms with Crippen LogP contribution in [0, 0.1) is 0 Å². The van der Waals surface area contributed by atoms with Gasteiger partial charge in [-0.2, -0.15) is 12.6 Å². The number of halogens is 2. The zero-order chi connectivity index (χ0) is 10.7. The Morgan fingerprint density at radius 3 is 2.79 bits per heavy atom. The van der Waals surface area contributed by atoms with E-state index in [9.17, 15) is 4.79 Å². The molecule has 1 N–H and O–H groups in total. The van der Waals surface area contributed by atoms with Gasteiger partial charge in [-0.25, -0.2) is 0 Å². The fraction of sp³-hybridized carbons (Fsp3) is 0.222. The number of thiol groups is 1. The lowest BCUT2D eigenvalue weighted by molar-refractivity contribution is -0.115. The molecular formula is C9H9BrClNOS. The first-order chi connectivity index (χ1) is 6.50. The third-order valence-corrected chi connectivity index (χ3v) is 3.03. The molecule has 0 aliphatic rings. The zero-order valence-electron chi connectivity index (χ0n) is 7.42. The number of hydrogen-bond acceptors (Lipinski definition) is 2. The number of anilines is 1. The molecule has 1 aromatic carbocycles. The first kappa shape index (κ1) is 11.9. The highest BCUT2D eigenvalue weighted by atomic mass is 79.9. The van der Waals surface area contributed by atoms with E-state index in [-0.39, 0.29) is 11.2 Å². The van der Waals surface area contributed by atoms with Crippen LogP contribution in [-0.2, 0) is 4.79 Å². The predicted octanol–water partition coefficient (Wildman–Crippen LogP) is 3.36. The van der Waals surface area contributed by atoms with Gasteiger partial charge < -0.3 is 5.32 Å². The van der Waals surface area contributed by atoms with Gasteiger partial charge in [0.25, 0.3) is 0 Å². The van der Waals surface area contributed by atoms with Crippen molar-refractivity contribution in [2.45, 2.75) is 12.2 Å². The molecule has 14 heavy (non-hydrogen) atoms. The van der Waals surface area contributed by atoms with E-state index in [1.807, 2.05) is 0 Å². The summed E-state index contributed by atoms with van der Waals surface area (Å²) < 4.78 is 0.802. The number of rotatable bonds is 2. The average molecular weight is 295 g/mol. The van der Waals surface area contributed by atoms with E-state index in [0.717, 1.165) is 4.47 Å². The number of hydrogen-bond donors (Lipinski definition) is 2. The van der Waals surface area contributed by atoms with E-state index in [2.05, 4.69) is 33.9 Å². The standard InChI is InChI=1S/C9H9BrClNOS/c1-5(14)9(13)12-6-2-3-7(10)8(11)4-6/h2-5,14H,1H3,(H,12,13). The maximum Gasteiger partial charge on any atom is 0.236 e. The molecule has 0 heterocycles. The average Bonchev–Trinajstić information content (AvgIpc) is 2.11. The number of nitrogens with one attached hydrogen (secondary N) is 1. The van der Waals surface area contributed by atoms with Crippen molar-refractivity contribution < 1.29 is 4.79 Å². The maximum absolute atomic E-state index is 11.3. The molecule has 0 aromatic heterocycles. The maximum atomic E-state index is 11.3. The molecule has 0 radical (unpaired) electrons. The molecule has 76 valence electrons. The van der Waals surface area contributed by atoms with Gasteiger partial charge in [-0.1, -0.05) is 11.6 Å². The molecule has 0 spiro atoms. The van der Waals surface area contributed by atoms with Crippen LogP contribution >= 0.6 is 40.2 Å². The summed E-state index contributed by atoms with van der Waals surface area (Å²) in [5, 5.41) is 2.92.